The second-order valence-corrected chi connectivity index (χ2v) is 2.24. The molecule has 0 spiro atoms. The van der Waals surface area contributed by atoms with Crippen molar-refractivity contribution in [3.05, 3.63) is 18.2 Å². The van der Waals surface area contributed by atoms with Crippen LogP contribution in [0.15, 0.2) is 18.2 Å². The molecule has 0 fully saturated rings. The molecule has 0 aromatic heterocycles. The van der Waals surface area contributed by atoms with E-state index in [-0.39, 0.29) is 5.75 Å². The van der Waals surface area contributed by atoms with Crippen LogP contribution >= 0.6 is 0 Å². The lowest BCUT2D eigenvalue weighted by molar-refractivity contribution is 0.0561. The van der Waals surface area contributed by atoms with Gasteiger partial charge in [0.2, 0.25) is 0 Å². The Labute approximate surface area is 63.2 Å². The highest BCUT2D eigenvalue weighted by Gasteiger charge is 2.20. The molecule has 4 nitrogen and oxygen atoms in total. The zero-order chi connectivity index (χ0) is 7.84. The number of hydrogen-bond donors (Lipinski definition) is 2. The van der Waals surface area contributed by atoms with Crippen molar-refractivity contribution in [1.29, 1.82) is 0 Å². The fourth-order valence-corrected chi connectivity index (χ4v) is 0.961. The molecule has 1 atom stereocenters. The van der Waals surface area contributed by atoms with Gasteiger partial charge >= 0.3 is 0 Å². The SMILES string of the molecule is NC1Oc2ccc(O)cc2O1. The summed E-state index contributed by atoms with van der Waals surface area (Å²) in [5.41, 5.74) is 5.31. The highest BCUT2D eigenvalue weighted by molar-refractivity contribution is 5.46. The number of phenolic OH excluding ortho intramolecular Hbond substituents is 1. The first-order valence-corrected chi connectivity index (χ1v) is 3.17. The Hall–Kier alpha value is -1.42. The number of phenols is 1. The van der Waals surface area contributed by atoms with Gasteiger partial charge in [0, 0.05) is 6.07 Å². The molecule has 58 valence electrons. The first-order chi connectivity index (χ1) is 5.25. The number of hydrogen-bond acceptors (Lipinski definition) is 4. The molecule has 1 aliphatic rings. The lowest BCUT2D eigenvalue weighted by Gasteiger charge is -1.99. The van der Waals surface area contributed by atoms with Gasteiger partial charge in [-0.25, -0.2) is 0 Å². The van der Waals surface area contributed by atoms with Crippen LogP contribution in [-0.2, 0) is 0 Å². The minimum absolute atomic E-state index is 0.140. The summed E-state index contributed by atoms with van der Waals surface area (Å²) in [6.45, 7) is 0. The van der Waals surface area contributed by atoms with E-state index in [4.69, 9.17) is 20.3 Å². The van der Waals surface area contributed by atoms with E-state index in [2.05, 4.69) is 0 Å². The summed E-state index contributed by atoms with van der Waals surface area (Å²) in [6, 6.07) is 4.58. The fourth-order valence-electron chi connectivity index (χ4n) is 0.961. The van der Waals surface area contributed by atoms with E-state index in [9.17, 15) is 0 Å². The summed E-state index contributed by atoms with van der Waals surface area (Å²) in [4.78, 5) is 0. The van der Waals surface area contributed by atoms with E-state index in [0.29, 0.717) is 11.5 Å². The number of nitrogens with two attached hydrogens (primary N) is 1. The van der Waals surface area contributed by atoms with Gasteiger partial charge in [0.25, 0.3) is 6.41 Å². The summed E-state index contributed by atoms with van der Waals surface area (Å²) in [5.74, 6) is 1.19. The number of rotatable bonds is 0. The molecule has 0 saturated heterocycles. The van der Waals surface area contributed by atoms with Gasteiger partial charge in [0.15, 0.2) is 11.5 Å². The maximum absolute atomic E-state index is 9.01. The molecule has 1 aromatic rings. The van der Waals surface area contributed by atoms with E-state index in [1.54, 1.807) is 6.07 Å². The van der Waals surface area contributed by atoms with Crippen LogP contribution in [0.25, 0.3) is 0 Å². The lowest BCUT2D eigenvalue weighted by atomic mass is 10.3. The van der Waals surface area contributed by atoms with Gasteiger partial charge in [-0.2, -0.15) is 0 Å². The summed E-state index contributed by atoms with van der Waals surface area (Å²) in [6.07, 6.45) is -0.744. The van der Waals surface area contributed by atoms with Crippen LogP contribution in [-0.4, -0.2) is 11.5 Å². The largest absolute Gasteiger partial charge is 0.508 e. The summed E-state index contributed by atoms with van der Waals surface area (Å²) < 4.78 is 9.99. The maximum atomic E-state index is 9.01. The number of aromatic hydroxyl groups is 1. The average Bonchev–Trinajstić information content (AvgIpc) is 2.27. The predicted octanol–water partition coefficient (Wildman–Crippen LogP) is 0.406. The Morgan fingerprint density at radius 1 is 1.27 bits per heavy atom. The van der Waals surface area contributed by atoms with Crippen molar-refractivity contribution in [2.45, 2.75) is 6.41 Å². The molecule has 0 aliphatic carbocycles. The third-order valence-electron chi connectivity index (χ3n) is 1.41. The van der Waals surface area contributed by atoms with Crippen molar-refractivity contribution in [2.75, 3.05) is 0 Å². The topological polar surface area (TPSA) is 64.7 Å². The summed E-state index contributed by atoms with van der Waals surface area (Å²) in [7, 11) is 0. The molecule has 3 N–H and O–H groups in total. The van der Waals surface area contributed by atoms with Gasteiger partial charge in [-0.15, -0.1) is 0 Å². The van der Waals surface area contributed by atoms with Crippen LogP contribution < -0.4 is 15.2 Å². The van der Waals surface area contributed by atoms with E-state index in [1.807, 2.05) is 0 Å². The first kappa shape index (κ1) is 6.30. The molecule has 1 heterocycles. The predicted molar refractivity (Wildman–Crippen MR) is 37.3 cm³/mol. The van der Waals surface area contributed by atoms with Crippen LogP contribution in [0.4, 0.5) is 0 Å². The number of benzene rings is 1. The van der Waals surface area contributed by atoms with Crippen LogP contribution in [0, 0.1) is 0 Å². The number of fused-ring (bicyclic) bond motifs is 1. The molecule has 11 heavy (non-hydrogen) atoms. The fraction of sp³-hybridized carbons (Fsp3) is 0.143. The molecule has 1 aromatic carbocycles. The van der Waals surface area contributed by atoms with E-state index in [0.717, 1.165) is 0 Å². The maximum Gasteiger partial charge on any atom is 0.300 e. The minimum atomic E-state index is -0.744. The van der Waals surface area contributed by atoms with Crippen molar-refractivity contribution in [3.8, 4) is 17.2 Å². The zero-order valence-corrected chi connectivity index (χ0v) is 5.65. The van der Waals surface area contributed by atoms with Crippen LogP contribution in [0.5, 0.6) is 17.2 Å². The highest BCUT2D eigenvalue weighted by Crippen LogP contribution is 2.35. The third kappa shape index (κ3) is 0.969. The highest BCUT2D eigenvalue weighted by atomic mass is 16.7. The van der Waals surface area contributed by atoms with Crippen molar-refractivity contribution in [2.24, 2.45) is 5.73 Å². The minimum Gasteiger partial charge on any atom is -0.508 e. The van der Waals surface area contributed by atoms with Crippen molar-refractivity contribution in [1.82, 2.24) is 0 Å². The van der Waals surface area contributed by atoms with E-state index >= 15 is 0 Å². The molecule has 2 rings (SSSR count). The van der Waals surface area contributed by atoms with Crippen molar-refractivity contribution in [3.63, 3.8) is 0 Å². The second kappa shape index (κ2) is 2.03. The first-order valence-electron chi connectivity index (χ1n) is 3.17. The summed E-state index contributed by atoms with van der Waals surface area (Å²) >= 11 is 0. The van der Waals surface area contributed by atoms with E-state index < -0.39 is 6.41 Å². The van der Waals surface area contributed by atoms with Crippen molar-refractivity contribution >= 4 is 0 Å². The monoisotopic (exact) mass is 153 g/mol. The van der Waals surface area contributed by atoms with Gasteiger partial charge in [-0.1, -0.05) is 0 Å². The molecule has 1 aliphatic heterocycles. The normalized spacial score (nSPS) is 20.3. The number of ether oxygens (including phenoxy) is 2. The molecule has 0 amide bonds. The zero-order valence-electron chi connectivity index (χ0n) is 5.65. The van der Waals surface area contributed by atoms with Crippen molar-refractivity contribution < 1.29 is 14.6 Å². The lowest BCUT2D eigenvalue weighted by Crippen LogP contribution is -2.28. The smallest absolute Gasteiger partial charge is 0.300 e. The molecule has 1 unspecified atom stereocenters. The Balaban J connectivity index is 2.43. The molecule has 0 saturated carbocycles. The van der Waals surface area contributed by atoms with Gasteiger partial charge in [0.05, 0.1) is 0 Å². The van der Waals surface area contributed by atoms with Gasteiger partial charge < -0.3 is 14.6 Å². The van der Waals surface area contributed by atoms with Crippen LogP contribution in [0.3, 0.4) is 0 Å². The van der Waals surface area contributed by atoms with Crippen LogP contribution in [0.1, 0.15) is 0 Å². The van der Waals surface area contributed by atoms with Gasteiger partial charge in [0.1, 0.15) is 5.75 Å². The molecular formula is C7H7NO3. The Morgan fingerprint density at radius 2 is 2.00 bits per heavy atom. The van der Waals surface area contributed by atoms with Gasteiger partial charge in [-0.3, -0.25) is 5.73 Å². The molecule has 0 bridgehead atoms. The van der Waals surface area contributed by atoms with Crippen LogP contribution in [0.2, 0.25) is 0 Å². The Morgan fingerprint density at radius 3 is 2.82 bits per heavy atom. The summed E-state index contributed by atoms with van der Waals surface area (Å²) in [5, 5.41) is 9.01. The quantitative estimate of drug-likeness (QED) is 0.566. The molecule has 0 radical (unpaired) electrons. The Kier molecular flexibility index (Phi) is 1.16. The third-order valence-corrected chi connectivity index (χ3v) is 1.41. The Bertz CT molecular complexity index is 287. The molecule has 4 heteroatoms. The second-order valence-electron chi connectivity index (χ2n) is 2.24. The van der Waals surface area contributed by atoms with E-state index in [1.165, 1.54) is 12.1 Å². The van der Waals surface area contributed by atoms with Gasteiger partial charge in [-0.05, 0) is 12.1 Å². The average molecular weight is 153 g/mol. The molecular weight excluding hydrogens is 146 g/mol. The standard InChI is InChI=1S/C7H7NO3/c8-7-10-5-2-1-4(9)3-6(5)11-7/h1-3,7,9H,8H2.